The van der Waals surface area contributed by atoms with Gasteiger partial charge in [0, 0.05) is 13.6 Å². The molecule has 0 aliphatic heterocycles. The van der Waals surface area contributed by atoms with E-state index in [-0.39, 0.29) is 12.5 Å². The van der Waals surface area contributed by atoms with Gasteiger partial charge in [-0.15, -0.1) is 0 Å². The van der Waals surface area contributed by atoms with Crippen molar-refractivity contribution < 1.29 is 18.0 Å². The van der Waals surface area contributed by atoms with Gasteiger partial charge >= 0.3 is 0 Å². The summed E-state index contributed by atoms with van der Waals surface area (Å²) in [5, 5.41) is 2.56. The third-order valence-electron chi connectivity index (χ3n) is 4.96. The first-order valence-corrected chi connectivity index (χ1v) is 11.6. The Labute approximate surface area is 178 Å². The van der Waals surface area contributed by atoms with Crippen molar-refractivity contribution >= 4 is 27.5 Å². The van der Waals surface area contributed by atoms with Crippen molar-refractivity contribution in [3.05, 3.63) is 65.7 Å². The fourth-order valence-electron chi connectivity index (χ4n) is 3.22. The minimum absolute atomic E-state index is 0.294. The molecule has 2 aromatic carbocycles. The lowest BCUT2D eigenvalue weighted by molar-refractivity contribution is -0.138. The van der Waals surface area contributed by atoms with Crippen LogP contribution in [0.2, 0.25) is 0 Å². The highest BCUT2D eigenvalue weighted by molar-refractivity contribution is 7.92. The number of nitrogens with one attached hydrogen (secondary N) is 1. The molecule has 0 unspecified atom stereocenters. The van der Waals surface area contributed by atoms with E-state index in [1.165, 1.54) is 11.9 Å². The molecule has 2 aromatic rings. The molecule has 7 nitrogen and oxygen atoms in total. The Bertz CT molecular complexity index is 977. The van der Waals surface area contributed by atoms with Gasteiger partial charge in [-0.1, -0.05) is 48.5 Å². The number of carbonyl (C=O) groups excluding carboxylic acids is 2. The minimum atomic E-state index is -3.70. The number of amides is 2. The largest absolute Gasteiger partial charge is 0.357 e. The van der Waals surface area contributed by atoms with Crippen LogP contribution in [0.5, 0.6) is 0 Å². The summed E-state index contributed by atoms with van der Waals surface area (Å²) in [6.45, 7) is 3.35. The van der Waals surface area contributed by atoms with Gasteiger partial charge in [-0.25, -0.2) is 8.42 Å². The van der Waals surface area contributed by atoms with E-state index in [4.69, 9.17) is 0 Å². The number of likely N-dealkylation sites (N-methyl/N-ethyl adjacent to an activating group) is 1. The Morgan fingerprint density at radius 2 is 1.63 bits per heavy atom. The topological polar surface area (TPSA) is 86.8 Å². The maximum absolute atomic E-state index is 13.2. The van der Waals surface area contributed by atoms with Crippen LogP contribution in [0.15, 0.2) is 54.6 Å². The van der Waals surface area contributed by atoms with Crippen molar-refractivity contribution in [2.24, 2.45) is 0 Å². The maximum atomic E-state index is 13.2. The van der Waals surface area contributed by atoms with Crippen LogP contribution in [-0.2, 0) is 26.0 Å². The van der Waals surface area contributed by atoms with E-state index in [0.29, 0.717) is 18.7 Å². The number of aryl methyl sites for hydroxylation is 1. The summed E-state index contributed by atoms with van der Waals surface area (Å²) in [4.78, 5) is 26.9. The lowest BCUT2D eigenvalue weighted by Gasteiger charge is -2.31. The second kappa shape index (κ2) is 10.2. The van der Waals surface area contributed by atoms with E-state index < -0.39 is 22.0 Å². The Balaban J connectivity index is 2.30. The number of carbonyl (C=O) groups is 2. The number of para-hydroxylation sites is 1. The lowest BCUT2D eigenvalue weighted by Crippen LogP contribution is -2.51. The minimum Gasteiger partial charge on any atom is -0.357 e. The molecule has 30 heavy (non-hydrogen) atoms. The van der Waals surface area contributed by atoms with E-state index in [9.17, 15) is 18.0 Å². The summed E-state index contributed by atoms with van der Waals surface area (Å²) in [6.07, 6.45) is 1.63. The quantitative estimate of drug-likeness (QED) is 0.658. The number of benzene rings is 2. The van der Waals surface area contributed by atoms with Crippen LogP contribution in [0.1, 0.15) is 18.1 Å². The Kier molecular flexibility index (Phi) is 8.00. The van der Waals surface area contributed by atoms with Crippen molar-refractivity contribution in [1.82, 2.24) is 10.2 Å². The van der Waals surface area contributed by atoms with Crippen molar-refractivity contribution in [1.29, 1.82) is 0 Å². The molecular weight excluding hydrogens is 402 g/mol. The number of nitrogens with zero attached hydrogens (tertiary/aromatic N) is 2. The average molecular weight is 432 g/mol. The van der Waals surface area contributed by atoms with E-state index in [0.717, 1.165) is 21.7 Å². The molecule has 0 heterocycles. The molecule has 0 saturated carbocycles. The molecule has 2 rings (SSSR count). The van der Waals surface area contributed by atoms with Crippen molar-refractivity contribution in [3.8, 4) is 0 Å². The summed E-state index contributed by atoms with van der Waals surface area (Å²) in [5.41, 5.74) is 2.22. The number of hydrogen-bond donors (Lipinski definition) is 1. The molecule has 162 valence electrons. The van der Waals surface area contributed by atoms with Gasteiger partial charge in [0.05, 0.1) is 11.9 Å². The molecule has 0 aliphatic rings. The summed E-state index contributed by atoms with van der Waals surface area (Å²) in [7, 11) is -2.19. The molecule has 0 aliphatic carbocycles. The maximum Gasteiger partial charge on any atom is 0.244 e. The molecule has 1 N–H and O–H groups in total. The molecule has 0 radical (unpaired) electrons. The van der Waals surface area contributed by atoms with Crippen molar-refractivity contribution in [2.45, 2.75) is 26.3 Å². The Hall–Kier alpha value is -2.87. The fourth-order valence-corrected chi connectivity index (χ4v) is 4.12. The third-order valence-corrected chi connectivity index (χ3v) is 6.09. The second-order valence-electron chi connectivity index (χ2n) is 7.17. The predicted octanol–water partition coefficient (Wildman–Crippen LogP) is 1.97. The van der Waals surface area contributed by atoms with Crippen LogP contribution in [0, 0.1) is 6.92 Å². The lowest BCUT2D eigenvalue weighted by atomic mass is 10.1. The van der Waals surface area contributed by atoms with Gasteiger partial charge in [0.15, 0.2) is 0 Å². The van der Waals surface area contributed by atoms with Crippen molar-refractivity contribution in [2.75, 3.05) is 30.7 Å². The molecule has 0 bridgehead atoms. The molecule has 0 aromatic heterocycles. The molecule has 0 spiro atoms. The van der Waals surface area contributed by atoms with Gasteiger partial charge in [0.2, 0.25) is 21.8 Å². The first kappa shape index (κ1) is 23.4. The molecule has 0 saturated heterocycles. The number of rotatable bonds is 9. The van der Waals surface area contributed by atoms with Crippen molar-refractivity contribution in [3.63, 3.8) is 0 Å². The fraction of sp³-hybridized carbons (Fsp3) is 0.364. The van der Waals surface area contributed by atoms with Gasteiger partial charge in [0.25, 0.3) is 0 Å². The van der Waals surface area contributed by atoms with Crippen LogP contribution in [0.3, 0.4) is 0 Å². The predicted molar refractivity (Wildman–Crippen MR) is 119 cm³/mol. The number of sulfonamides is 1. The Morgan fingerprint density at radius 3 is 2.20 bits per heavy atom. The molecule has 1 atom stereocenters. The number of anilines is 1. The normalized spacial score (nSPS) is 12.1. The van der Waals surface area contributed by atoms with E-state index >= 15 is 0 Å². The third kappa shape index (κ3) is 6.06. The van der Waals surface area contributed by atoms with Gasteiger partial charge < -0.3 is 10.2 Å². The zero-order valence-corrected chi connectivity index (χ0v) is 18.6. The van der Waals surface area contributed by atoms with Crippen LogP contribution in [0.4, 0.5) is 5.69 Å². The smallest absolute Gasteiger partial charge is 0.244 e. The van der Waals surface area contributed by atoms with E-state index in [1.807, 2.05) is 30.3 Å². The highest BCUT2D eigenvalue weighted by Gasteiger charge is 2.29. The van der Waals surface area contributed by atoms with Crippen LogP contribution in [0.25, 0.3) is 0 Å². The molecular formula is C22H29N3O4S. The first-order chi connectivity index (χ1) is 14.1. The highest BCUT2D eigenvalue weighted by Crippen LogP contribution is 2.22. The standard InChI is InChI=1S/C22H29N3O4S/c1-17-10-8-9-13-20(17)25(30(4,28)29)16-21(26)24(18(2)22(27)23-3)15-14-19-11-6-5-7-12-19/h5-13,18H,14-16H2,1-4H3,(H,23,27)/t18-/m0/s1. The van der Waals surface area contributed by atoms with Crippen LogP contribution >= 0.6 is 0 Å². The highest BCUT2D eigenvalue weighted by atomic mass is 32.2. The summed E-state index contributed by atoms with van der Waals surface area (Å²) < 4.78 is 26.0. The average Bonchev–Trinajstić information content (AvgIpc) is 2.72. The zero-order chi connectivity index (χ0) is 22.3. The second-order valence-corrected chi connectivity index (χ2v) is 9.08. The molecule has 2 amide bonds. The monoisotopic (exact) mass is 431 g/mol. The zero-order valence-electron chi connectivity index (χ0n) is 17.8. The van der Waals surface area contributed by atoms with E-state index in [1.54, 1.807) is 38.1 Å². The van der Waals surface area contributed by atoms with Gasteiger partial charge in [-0.3, -0.25) is 13.9 Å². The summed E-state index contributed by atoms with van der Waals surface area (Å²) in [5.74, 6) is -0.742. The first-order valence-electron chi connectivity index (χ1n) is 9.73. The molecule has 8 heteroatoms. The Morgan fingerprint density at radius 1 is 1.03 bits per heavy atom. The number of hydrogen-bond acceptors (Lipinski definition) is 4. The van der Waals surface area contributed by atoms with Gasteiger partial charge in [0.1, 0.15) is 12.6 Å². The SMILES string of the molecule is CNC(=O)[C@H](C)N(CCc1ccccc1)C(=O)CN(c1ccccc1C)S(C)(=O)=O. The van der Waals surface area contributed by atoms with Crippen LogP contribution < -0.4 is 9.62 Å². The van der Waals surface area contributed by atoms with Gasteiger partial charge in [-0.05, 0) is 37.5 Å². The van der Waals surface area contributed by atoms with E-state index in [2.05, 4.69) is 5.32 Å². The summed E-state index contributed by atoms with van der Waals surface area (Å²) >= 11 is 0. The summed E-state index contributed by atoms with van der Waals surface area (Å²) in [6, 6.07) is 15.9. The molecule has 0 fully saturated rings. The van der Waals surface area contributed by atoms with Gasteiger partial charge in [-0.2, -0.15) is 0 Å². The van der Waals surface area contributed by atoms with Crippen LogP contribution in [-0.4, -0.2) is 57.6 Å².